The van der Waals surface area contributed by atoms with E-state index in [-0.39, 0.29) is 13.0 Å². The number of urea groups is 1. The van der Waals surface area contributed by atoms with E-state index in [4.69, 9.17) is 4.74 Å². The summed E-state index contributed by atoms with van der Waals surface area (Å²) in [6.07, 6.45) is 0.0928. The van der Waals surface area contributed by atoms with Gasteiger partial charge in [0.1, 0.15) is 11.6 Å². The van der Waals surface area contributed by atoms with Gasteiger partial charge in [-0.3, -0.25) is 14.9 Å². The second kappa shape index (κ2) is 10.7. The molecular weight excluding hydrogens is 475 g/mol. The number of nitrogens with one attached hydrogen (secondary N) is 2. The van der Waals surface area contributed by atoms with Crippen molar-refractivity contribution in [2.24, 2.45) is 0 Å². The SMILES string of the molecule is COc1ccc(CCN2C(=O)NC(=O)C2(CC(=O)Nc2ccc(N(C)C)cc2)c2ccc(F)cc2)cc1. The zero-order valence-corrected chi connectivity index (χ0v) is 21.0. The van der Waals surface area contributed by atoms with Crippen LogP contribution in [0.1, 0.15) is 17.5 Å². The van der Waals surface area contributed by atoms with Gasteiger partial charge in [-0.15, -0.1) is 0 Å². The van der Waals surface area contributed by atoms with E-state index in [1.807, 2.05) is 55.4 Å². The summed E-state index contributed by atoms with van der Waals surface area (Å²) in [5.41, 5.74) is 1.16. The van der Waals surface area contributed by atoms with E-state index in [2.05, 4.69) is 10.6 Å². The Bertz CT molecular complexity index is 1280. The number of hydrogen-bond acceptors (Lipinski definition) is 5. The van der Waals surface area contributed by atoms with Crippen LogP contribution in [-0.4, -0.2) is 50.5 Å². The Morgan fingerprint density at radius 3 is 2.24 bits per heavy atom. The molecule has 4 rings (SSSR count). The molecule has 0 bridgehead atoms. The van der Waals surface area contributed by atoms with Gasteiger partial charge in [0, 0.05) is 32.0 Å². The topological polar surface area (TPSA) is 91.0 Å². The van der Waals surface area contributed by atoms with Gasteiger partial charge < -0.3 is 19.9 Å². The predicted octanol–water partition coefficient (Wildman–Crippen LogP) is 3.92. The second-order valence-corrected chi connectivity index (χ2v) is 9.04. The zero-order chi connectivity index (χ0) is 26.6. The molecule has 1 aliphatic heterocycles. The number of carbonyl (C=O) groups is 3. The number of rotatable bonds is 9. The number of imide groups is 1. The second-order valence-electron chi connectivity index (χ2n) is 9.04. The molecule has 0 spiro atoms. The Hall–Kier alpha value is -4.40. The lowest BCUT2D eigenvalue weighted by Crippen LogP contribution is -2.50. The van der Waals surface area contributed by atoms with Crippen LogP contribution >= 0.6 is 0 Å². The van der Waals surface area contributed by atoms with Crippen molar-refractivity contribution in [2.75, 3.05) is 38.0 Å². The Balaban J connectivity index is 1.63. The highest BCUT2D eigenvalue weighted by Gasteiger charge is 2.55. The van der Waals surface area contributed by atoms with Crippen LogP contribution < -0.4 is 20.3 Å². The van der Waals surface area contributed by atoms with Crippen LogP contribution in [0.3, 0.4) is 0 Å². The lowest BCUT2D eigenvalue weighted by Gasteiger charge is -2.35. The molecule has 2 N–H and O–H groups in total. The molecule has 0 aromatic heterocycles. The Morgan fingerprint density at radius 2 is 1.65 bits per heavy atom. The molecule has 1 unspecified atom stereocenters. The van der Waals surface area contributed by atoms with Crippen LogP contribution in [0.4, 0.5) is 20.6 Å². The van der Waals surface area contributed by atoms with Gasteiger partial charge in [-0.2, -0.15) is 0 Å². The van der Waals surface area contributed by atoms with Crippen molar-refractivity contribution in [2.45, 2.75) is 18.4 Å². The average molecular weight is 505 g/mol. The summed E-state index contributed by atoms with van der Waals surface area (Å²) in [5.74, 6) is -0.870. The van der Waals surface area contributed by atoms with Gasteiger partial charge in [0.05, 0.1) is 13.5 Å². The molecule has 0 radical (unpaired) electrons. The minimum absolute atomic E-state index is 0.159. The van der Waals surface area contributed by atoms with Gasteiger partial charge in [-0.25, -0.2) is 9.18 Å². The lowest BCUT2D eigenvalue weighted by atomic mass is 9.84. The molecule has 8 nitrogen and oxygen atoms in total. The van der Waals surface area contributed by atoms with Gasteiger partial charge in [0.15, 0.2) is 5.54 Å². The third-order valence-corrected chi connectivity index (χ3v) is 6.49. The monoisotopic (exact) mass is 504 g/mol. The first kappa shape index (κ1) is 25.7. The van der Waals surface area contributed by atoms with Gasteiger partial charge in [-0.1, -0.05) is 24.3 Å². The summed E-state index contributed by atoms with van der Waals surface area (Å²) in [6, 6.07) is 19.3. The first-order valence-electron chi connectivity index (χ1n) is 11.8. The van der Waals surface area contributed by atoms with Crippen LogP contribution in [0.5, 0.6) is 5.75 Å². The Morgan fingerprint density at radius 1 is 1.00 bits per heavy atom. The van der Waals surface area contributed by atoms with E-state index in [9.17, 15) is 18.8 Å². The fourth-order valence-corrected chi connectivity index (χ4v) is 4.46. The fraction of sp³-hybridized carbons (Fsp3) is 0.250. The van der Waals surface area contributed by atoms with Crippen molar-refractivity contribution >= 4 is 29.2 Å². The first-order chi connectivity index (χ1) is 17.7. The maximum Gasteiger partial charge on any atom is 0.325 e. The van der Waals surface area contributed by atoms with E-state index in [0.717, 1.165) is 11.3 Å². The molecule has 37 heavy (non-hydrogen) atoms. The Kier molecular flexibility index (Phi) is 7.42. The van der Waals surface area contributed by atoms with E-state index >= 15 is 0 Å². The number of nitrogens with zero attached hydrogens (tertiary/aromatic N) is 2. The zero-order valence-electron chi connectivity index (χ0n) is 21.0. The van der Waals surface area contributed by atoms with E-state index in [1.165, 1.54) is 29.2 Å². The molecule has 3 aromatic rings. The molecular formula is C28H29FN4O4. The van der Waals surface area contributed by atoms with Crippen molar-refractivity contribution in [1.29, 1.82) is 0 Å². The van der Waals surface area contributed by atoms with E-state index in [0.29, 0.717) is 23.4 Å². The number of hydrogen-bond donors (Lipinski definition) is 2. The number of ether oxygens (including phenoxy) is 1. The summed E-state index contributed by atoms with van der Waals surface area (Å²) in [6.45, 7) is 0.159. The van der Waals surface area contributed by atoms with E-state index < -0.39 is 29.2 Å². The summed E-state index contributed by atoms with van der Waals surface area (Å²) in [7, 11) is 5.40. The van der Waals surface area contributed by atoms with Crippen molar-refractivity contribution < 1.29 is 23.5 Å². The lowest BCUT2D eigenvalue weighted by molar-refractivity contribution is -0.131. The number of halogens is 1. The first-order valence-corrected chi connectivity index (χ1v) is 11.8. The molecule has 1 heterocycles. The van der Waals surface area contributed by atoms with Gasteiger partial charge in [0.25, 0.3) is 5.91 Å². The molecule has 4 amide bonds. The number of methoxy groups -OCH3 is 1. The predicted molar refractivity (Wildman–Crippen MR) is 139 cm³/mol. The Labute approximate surface area is 215 Å². The highest BCUT2D eigenvalue weighted by atomic mass is 19.1. The number of amides is 4. The van der Waals surface area contributed by atoms with Crippen LogP contribution in [0.2, 0.25) is 0 Å². The molecule has 1 aliphatic rings. The van der Waals surface area contributed by atoms with Crippen molar-refractivity contribution in [1.82, 2.24) is 10.2 Å². The average Bonchev–Trinajstić information content (AvgIpc) is 3.12. The largest absolute Gasteiger partial charge is 0.497 e. The minimum Gasteiger partial charge on any atom is -0.497 e. The van der Waals surface area contributed by atoms with Gasteiger partial charge >= 0.3 is 6.03 Å². The van der Waals surface area contributed by atoms with Gasteiger partial charge in [-0.05, 0) is 66.1 Å². The van der Waals surface area contributed by atoms with Crippen LogP contribution in [0.15, 0.2) is 72.8 Å². The molecule has 0 saturated carbocycles. The van der Waals surface area contributed by atoms with Crippen molar-refractivity contribution in [3.8, 4) is 5.75 Å². The maximum absolute atomic E-state index is 13.8. The standard InChI is InChI=1S/C28H29FN4O4/c1-32(2)23-12-10-22(11-13-23)30-25(34)18-28(20-6-8-21(29)9-7-20)26(35)31-27(36)33(28)17-16-19-4-14-24(37-3)15-5-19/h4-15H,16-18H2,1-3H3,(H,30,34)(H,31,35,36). The fourth-order valence-electron chi connectivity index (χ4n) is 4.46. The number of benzene rings is 3. The molecule has 3 aromatic carbocycles. The van der Waals surface area contributed by atoms with Crippen molar-refractivity contribution in [3.63, 3.8) is 0 Å². The van der Waals surface area contributed by atoms with E-state index in [1.54, 1.807) is 19.2 Å². The molecule has 1 saturated heterocycles. The smallest absolute Gasteiger partial charge is 0.325 e. The van der Waals surface area contributed by atoms with Gasteiger partial charge in [0.2, 0.25) is 5.91 Å². The molecule has 1 fully saturated rings. The quantitative estimate of drug-likeness (QED) is 0.431. The number of carbonyl (C=O) groups excluding carboxylic acids is 3. The van der Waals surface area contributed by atoms with Crippen molar-refractivity contribution in [3.05, 3.63) is 89.7 Å². The highest BCUT2D eigenvalue weighted by Crippen LogP contribution is 2.37. The molecule has 0 aliphatic carbocycles. The molecule has 9 heteroatoms. The minimum atomic E-state index is -1.63. The summed E-state index contributed by atoms with van der Waals surface area (Å²) >= 11 is 0. The van der Waals surface area contributed by atoms with Crippen LogP contribution in [-0.2, 0) is 21.5 Å². The molecule has 1 atom stereocenters. The summed E-state index contributed by atoms with van der Waals surface area (Å²) in [4.78, 5) is 42.8. The summed E-state index contributed by atoms with van der Waals surface area (Å²) in [5, 5.41) is 5.18. The normalized spacial score (nSPS) is 16.9. The maximum atomic E-state index is 13.8. The third-order valence-electron chi connectivity index (χ3n) is 6.49. The summed E-state index contributed by atoms with van der Waals surface area (Å²) < 4.78 is 19.0. The third kappa shape index (κ3) is 5.40. The number of anilines is 2. The highest BCUT2D eigenvalue weighted by molar-refractivity contribution is 6.10. The van der Waals surface area contributed by atoms with Crippen LogP contribution in [0, 0.1) is 5.82 Å². The molecule has 192 valence electrons. The van der Waals surface area contributed by atoms with Crippen LogP contribution in [0.25, 0.3) is 0 Å².